The van der Waals surface area contributed by atoms with Crippen molar-refractivity contribution in [2.45, 2.75) is 19.8 Å². The van der Waals surface area contributed by atoms with E-state index in [0.717, 1.165) is 12.0 Å². The molecular weight excluding hydrogens is 312 g/mol. The number of carbonyl (C=O) groups is 1. The molecule has 0 amide bonds. The van der Waals surface area contributed by atoms with Crippen molar-refractivity contribution in [3.8, 4) is 23.2 Å². The highest BCUT2D eigenvalue weighted by molar-refractivity contribution is 5.88. The van der Waals surface area contributed by atoms with Gasteiger partial charge in [-0.2, -0.15) is 0 Å². The molecule has 2 N–H and O–H groups in total. The van der Waals surface area contributed by atoms with Crippen LogP contribution in [-0.2, 0) is 6.42 Å². The molecule has 0 bridgehead atoms. The van der Waals surface area contributed by atoms with Gasteiger partial charge in [0.05, 0.1) is 5.69 Å². The number of aromatic hydroxyl groups is 2. The summed E-state index contributed by atoms with van der Waals surface area (Å²) in [6.07, 6.45) is 1.30. The van der Waals surface area contributed by atoms with Gasteiger partial charge >= 0.3 is 5.97 Å². The predicted octanol–water partition coefficient (Wildman–Crippen LogP) is 2.78. The molecule has 0 aliphatic rings. The van der Waals surface area contributed by atoms with Crippen molar-refractivity contribution >= 4 is 5.97 Å². The van der Waals surface area contributed by atoms with E-state index < -0.39 is 17.7 Å². The lowest BCUT2D eigenvalue weighted by atomic mass is 10.2. The zero-order valence-electron chi connectivity index (χ0n) is 13.0. The van der Waals surface area contributed by atoms with Crippen LogP contribution in [0.15, 0.2) is 46.9 Å². The maximum Gasteiger partial charge on any atom is 0.401 e. The largest absolute Gasteiger partial charge is 0.492 e. The summed E-state index contributed by atoms with van der Waals surface area (Å²) in [5.41, 5.74) is 1.20. The number of benzene rings is 1. The van der Waals surface area contributed by atoms with Gasteiger partial charge in [0, 0.05) is 17.7 Å². The molecule has 3 rings (SSSR count). The summed E-state index contributed by atoms with van der Waals surface area (Å²) >= 11 is 0. The normalized spacial score (nSPS) is 10.7. The Balaban J connectivity index is 1.94. The van der Waals surface area contributed by atoms with Crippen molar-refractivity contribution in [1.29, 1.82) is 0 Å². The minimum absolute atomic E-state index is 0.0526. The Morgan fingerprint density at radius 3 is 2.46 bits per heavy atom. The van der Waals surface area contributed by atoms with Gasteiger partial charge in [0.2, 0.25) is 23.4 Å². The van der Waals surface area contributed by atoms with Crippen molar-refractivity contribution in [1.82, 2.24) is 9.71 Å². The molecule has 24 heavy (non-hydrogen) atoms. The van der Waals surface area contributed by atoms with Gasteiger partial charge in [0.25, 0.3) is 0 Å². The lowest BCUT2D eigenvalue weighted by molar-refractivity contribution is 0.0346. The monoisotopic (exact) mass is 328 g/mol. The number of rotatable bonds is 5. The average molecular weight is 328 g/mol. The van der Waals surface area contributed by atoms with Crippen molar-refractivity contribution in [2.75, 3.05) is 0 Å². The Labute approximate surface area is 137 Å². The molecule has 0 aliphatic heterocycles. The number of aryl methyl sites for hydroxylation is 1. The second-order valence-electron chi connectivity index (χ2n) is 5.13. The molecule has 0 radical (unpaired) electrons. The van der Waals surface area contributed by atoms with Crippen molar-refractivity contribution in [3.63, 3.8) is 0 Å². The molecule has 0 aliphatic carbocycles. The molecule has 0 spiro atoms. The predicted molar refractivity (Wildman–Crippen MR) is 84.6 cm³/mol. The van der Waals surface area contributed by atoms with Gasteiger partial charge in [0.15, 0.2) is 0 Å². The minimum Gasteiger partial charge on any atom is -0.492 e. The first kappa shape index (κ1) is 15.7. The Morgan fingerprint density at radius 1 is 1.17 bits per heavy atom. The molecular formula is C17H16N2O5. The van der Waals surface area contributed by atoms with Crippen molar-refractivity contribution < 1.29 is 24.3 Å². The highest BCUT2D eigenvalue weighted by Gasteiger charge is 2.24. The lowest BCUT2D eigenvalue weighted by Gasteiger charge is -2.05. The van der Waals surface area contributed by atoms with E-state index in [1.54, 1.807) is 0 Å². The van der Waals surface area contributed by atoms with Crippen LogP contribution in [0.3, 0.4) is 0 Å². The number of aromatic nitrogens is 2. The first-order valence-electron chi connectivity index (χ1n) is 7.47. The first-order valence-corrected chi connectivity index (χ1v) is 7.47. The molecule has 0 atom stereocenters. The van der Waals surface area contributed by atoms with E-state index >= 15 is 0 Å². The van der Waals surface area contributed by atoms with Crippen LogP contribution in [0.25, 0.3) is 11.5 Å². The van der Waals surface area contributed by atoms with Crippen LogP contribution in [0.2, 0.25) is 0 Å². The van der Waals surface area contributed by atoms with Crippen LogP contribution >= 0.6 is 0 Å². The minimum atomic E-state index is -0.852. The fourth-order valence-electron chi connectivity index (χ4n) is 2.24. The summed E-state index contributed by atoms with van der Waals surface area (Å²) in [5.74, 6) is -1.40. The molecule has 0 saturated heterocycles. The quantitative estimate of drug-likeness (QED) is 0.747. The molecule has 124 valence electrons. The Bertz CT molecular complexity index is 832. The number of hydrogen-bond acceptors (Lipinski definition) is 6. The van der Waals surface area contributed by atoms with Crippen molar-refractivity contribution in [2.24, 2.45) is 0 Å². The maximum absolute atomic E-state index is 12.4. The van der Waals surface area contributed by atoms with E-state index in [9.17, 15) is 15.0 Å². The number of carbonyl (C=O) groups excluding carboxylic acids is 1. The lowest BCUT2D eigenvalue weighted by Crippen LogP contribution is -2.19. The van der Waals surface area contributed by atoms with Gasteiger partial charge in [-0.15, -0.1) is 4.73 Å². The Morgan fingerprint density at radius 2 is 1.83 bits per heavy atom. The summed E-state index contributed by atoms with van der Waals surface area (Å²) in [6.45, 7) is 1.95. The smallest absolute Gasteiger partial charge is 0.401 e. The molecule has 1 aromatic carbocycles. The number of hydrogen-bond donors (Lipinski definition) is 2. The highest BCUT2D eigenvalue weighted by atomic mass is 16.7. The molecule has 0 fully saturated rings. The van der Waals surface area contributed by atoms with E-state index in [1.807, 2.05) is 37.3 Å². The zero-order valence-corrected chi connectivity index (χ0v) is 13.0. The summed E-state index contributed by atoms with van der Waals surface area (Å²) in [5, 5.41) is 19.1. The van der Waals surface area contributed by atoms with Gasteiger partial charge in [-0.1, -0.05) is 31.5 Å². The van der Waals surface area contributed by atoms with Gasteiger partial charge in [0.1, 0.15) is 0 Å². The Kier molecular flexibility index (Phi) is 4.24. The third-order valence-electron chi connectivity index (χ3n) is 3.36. The van der Waals surface area contributed by atoms with Gasteiger partial charge in [-0.25, -0.2) is 9.78 Å². The van der Waals surface area contributed by atoms with Crippen LogP contribution < -0.4 is 4.84 Å². The topological polar surface area (TPSA) is 97.7 Å². The Hall–Kier alpha value is -3.22. The van der Waals surface area contributed by atoms with Crippen LogP contribution in [-0.4, -0.2) is 25.9 Å². The average Bonchev–Trinajstić information content (AvgIpc) is 3.15. The highest BCUT2D eigenvalue weighted by Crippen LogP contribution is 2.24. The summed E-state index contributed by atoms with van der Waals surface area (Å²) in [4.78, 5) is 21.7. The SMILES string of the molecule is CCCc1nc(-c2ccccc2)oc1C(=O)On1c(O)ccc1O. The van der Waals surface area contributed by atoms with E-state index in [-0.39, 0.29) is 5.76 Å². The number of nitrogens with zero attached hydrogens (tertiary/aromatic N) is 2. The fourth-order valence-corrected chi connectivity index (χ4v) is 2.24. The van der Waals surface area contributed by atoms with Crippen LogP contribution in [0, 0.1) is 0 Å². The van der Waals surface area contributed by atoms with Gasteiger partial charge < -0.3 is 19.5 Å². The third kappa shape index (κ3) is 2.96. The van der Waals surface area contributed by atoms with E-state index in [0.29, 0.717) is 22.7 Å². The van der Waals surface area contributed by atoms with Crippen LogP contribution in [0.5, 0.6) is 11.8 Å². The van der Waals surface area contributed by atoms with Crippen LogP contribution in [0.1, 0.15) is 29.6 Å². The van der Waals surface area contributed by atoms with E-state index in [4.69, 9.17) is 9.25 Å². The molecule has 0 saturated carbocycles. The molecule has 7 nitrogen and oxygen atoms in total. The first-order chi connectivity index (χ1) is 11.6. The second kappa shape index (κ2) is 6.49. The molecule has 0 unspecified atom stereocenters. The van der Waals surface area contributed by atoms with Crippen LogP contribution in [0.4, 0.5) is 0 Å². The van der Waals surface area contributed by atoms with Gasteiger partial charge in [-0.05, 0) is 18.6 Å². The molecule has 3 aromatic rings. The fraction of sp³-hybridized carbons (Fsp3) is 0.176. The maximum atomic E-state index is 12.4. The zero-order chi connectivity index (χ0) is 17.1. The summed E-state index contributed by atoms with van der Waals surface area (Å²) in [7, 11) is 0. The third-order valence-corrected chi connectivity index (χ3v) is 3.36. The van der Waals surface area contributed by atoms with E-state index in [1.165, 1.54) is 12.1 Å². The van der Waals surface area contributed by atoms with Gasteiger partial charge in [-0.3, -0.25) is 0 Å². The van der Waals surface area contributed by atoms with E-state index in [2.05, 4.69) is 4.98 Å². The molecule has 7 heteroatoms. The second-order valence-corrected chi connectivity index (χ2v) is 5.13. The molecule has 2 aromatic heterocycles. The van der Waals surface area contributed by atoms with Crippen molar-refractivity contribution in [3.05, 3.63) is 53.9 Å². The molecule has 2 heterocycles. The summed E-state index contributed by atoms with van der Waals surface area (Å²) in [6, 6.07) is 11.6. The summed E-state index contributed by atoms with van der Waals surface area (Å²) < 4.78 is 6.20. The number of oxazole rings is 1. The standard InChI is InChI=1S/C17H16N2O5/c1-2-6-12-15(17(22)24-19-13(20)9-10-14(19)21)23-16(18-12)11-7-4-3-5-8-11/h3-5,7-10,20-21H,2,6H2,1H3.